The lowest BCUT2D eigenvalue weighted by Gasteiger charge is -2.43. The largest absolute Gasteiger partial charge is 0.666 e. The van der Waals surface area contributed by atoms with E-state index in [0.717, 1.165) is 56.2 Å². The normalized spacial score (nSPS) is 15.0. The van der Waals surface area contributed by atoms with E-state index in [1.54, 1.807) is 0 Å². The van der Waals surface area contributed by atoms with E-state index < -0.39 is 6.82 Å². The van der Waals surface area contributed by atoms with E-state index in [0.29, 0.717) is 24.5 Å². The number of fused-ring (bicyclic) bond motifs is 2. The Kier molecular flexibility index (Phi) is 8.22. The van der Waals surface area contributed by atoms with Crippen LogP contribution >= 0.6 is 0 Å². The number of hydrogen-bond acceptors (Lipinski definition) is 6. The van der Waals surface area contributed by atoms with Gasteiger partial charge in [-0.3, -0.25) is 0 Å². The van der Waals surface area contributed by atoms with Crippen molar-refractivity contribution in [1.29, 1.82) is 0 Å². The second-order valence-electron chi connectivity index (χ2n) is 13.2. The lowest BCUT2D eigenvalue weighted by molar-refractivity contribution is -0.388. The van der Waals surface area contributed by atoms with Crippen molar-refractivity contribution < 1.29 is 13.8 Å². The Morgan fingerprint density at radius 1 is 0.680 bits per heavy atom. The van der Waals surface area contributed by atoms with E-state index in [2.05, 4.69) is 124 Å². The summed E-state index contributed by atoms with van der Waals surface area (Å²) in [5.41, 5.74) is 12.5. The Hall–Kier alpha value is -5.65. The second-order valence-corrected chi connectivity index (χ2v) is 13.2. The number of rotatable bonds is 11. The maximum absolute atomic E-state index is 7.15. The first kappa shape index (κ1) is 31.6. The highest BCUT2D eigenvalue weighted by Gasteiger charge is 2.56. The number of benzene rings is 3. The summed E-state index contributed by atoms with van der Waals surface area (Å²) in [6.45, 7) is 7.77. The highest BCUT2D eigenvalue weighted by Crippen LogP contribution is 2.44. The summed E-state index contributed by atoms with van der Waals surface area (Å²) in [7, 11) is 0. The van der Waals surface area contributed by atoms with Crippen LogP contribution in [0.3, 0.4) is 0 Å². The fraction of sp³-hybridized carbons (Fsp3) is 0.205. The molecule has 2 aliphatic heterocycles. The van der Waals surface area contributed by atoms with Crippen LogP contribution in [0.4, 0.5) is 0 Å². The van der Waals surface area contributed by atoms with Gasteiger partial charge in [-0.1, -0.05) is 101 Å². The first-order chi connectivity index (χ1) is 24.4. The number of aromatic nitrogens is 7. The van der Waals surface area contributed by atoms with Gasteiger partial charge in [-0.2, -0.15) is 0 Å². The predicted octanol–water partition coefficient (Wildman–Crippen LogP) is 6.31. The lowest BCUT2D eigenvalue weighted by atomic mass is 9.78. The van der Waals surface area contributed by atoms with Gasteiger partial charge in [0.15, 0.2) is 5.70 Å². The van der Waals surface area contributed by atoms with E-state index in [-0.39, 0.29) is 13.2 Å². The van der Waals surface area contributed by atoms with Crippen molar-refractivity contribution in [3.63, 3.8) is 0 Å². The van der Waals surface area contributed by atoms with Gasteiger partial charge in [0.2, 0.25) is 0 Å². The highest BCUT2D eigenvalue weighted by atomic mass is 16.6. The van der Waals surface area contributed by atoms with Gasteiger partial charge in [-0.25, -0.2) is 9.36 Å². The van der Waals surface area contributed by atoms with Gasteiger partial charge in [-0.15, -0.1) is 10.2 Å². The Balaban J connectivity index is 1.21. The molecule has 0 saturated carbocycles. The van der Waals surface area contributed by atoms with Crippen LogP contribution in [0.2, 0.25) is 0 Å². The van der Waals surface area contributed by atoms with Gasteiger partial charge < -0.3 is 18.3 Å². The molecule has 3 aromatic heterocycles. The van der Waals surface area contributed by atoms with Crippen molar-refractivity contribution in [1.82, 2.24) is 34.5 Å². The van der Waals surface area contributed by atoms with Crippen LogP contribution in [0.1, 0.15) is 58.9 Å². The minimum atomic E-state index is -2.39. The number of hydrogen-bond donors (Lipinski definition) is 0. The molecule has 10 nitrogen and oxygen atoms in total. The van der Waals surface area contributed by atoms with Crippen LogP contribution < -0.4 is 0 Å². The molecular weight excluding hydrogens is 623 g/mol. The summed E-state index contributed by atoms with van der Waals surface area (Å²) in [6.07, 6.45) is 6.10. The first-order valence-electron chi connectivity index (χ1n) is 17.0. The topological polar surface area (TPSA) is 87.8 Å². The molecule has 0 amide bonds. The Bertz CT molecular complexity index is 2180. The van der Waals surface area contributed by atoms with Crippen molar-refractivity contribution in [3.8, 4) is 0 Å². The van der Waals surface area contributed by atoms with Crippen LogP contribution in [0.25, 0.3) is 5.57 Å². The number of aryl methyl sites for hydroxylation is 2. The molecule has 2 aliphatic rings. The molecule has 0 aliphatic carbocycles. The van der Waals surface area contributed by atoms with E-state index in [1.807, 2.05) is 58.2 Å². The predicted molar refractivity (Wildman–Crippen MR) is 193 cm³/mol. The monoisotopic (exact) mass is 662 g/mol. The van der Waals surface area contributed by atoms with Crippen molar-refractivity contribution in [2.24, 2.45) is 0 Å². The molecule has 0 fully saturated rings. The molecule has 0 spiro atoms. The quantitative estimate of drug-likeness (QED) is 0.151. The second kappa shape index (κ2) is 13.0. The smallest absolute Gasteiger partial charge is 0.479 e. The third-order valence-corrected chi connectivity index (χ3v) is 9.47. The molecule has 8 rings (SSSR count). The Labute approximate surface area is 291 Å². The summed E-state index contributed by atoms with van der Waals surface area (Å²) in [5, 5.41) is 17.9. The molecule has 0 saturated heterocycles. The SMILES string of the molecule is CC1=CC(C)=[N+]2C1=C(c1ccccc1)c1c(C)cc(C)n1[B-]2(OCc1cn(Cc2ccccc2)nn1)OCc1cn(Cc2ccccc2)nn1. The van der Waals surface area contributed by atoms with E-state index in [1.165, 1.54) is 0 Å². The van der Waals surface area contributed by atoms with Gasteiger partial charge in [0.25, 0.3) is 0 Å². The molecule has 0 atom stereocenters. The average molecular weight is 663 g/mol. The molecular formula is C39H39BN8O2. The van der Waals surface area contributed by atoms with E-state index in [4.69, 9.17) is 9.31 Å². The molecule has 6 aromatic rings. The zero-order valence-corrected chi connectivity index (χ0v) is 28.8. The van der Waals surface area contributed by atoms with E-state index in [9.17, 15) is 0 Å². The minimum absolute atomic E-state index is 0.183. The lowest BCUT2D eigenvalue weighted by Crippen LogP contribution is -2.62. The minimum Gasteiger partial charge on any atom is -0.479 e. The Morgan fingerprint density at radius 3 is 1.74 bits per heavy atom. The maximum Gasteiger partial charge on any atom is 0.666 e. The molecule has 0 N–H and O–H groups in total. The fourth-order valence-electron chi connectivity index (χ4n) is 7.46. The molecule has 0 radical (unpaired) electrons. The number of allylic oxidation sites excluding steroid dienone is 2. The summed E-state index contributed by atoms with van der Waals surface area (Å²) in [5.74, 6) is 0. The van der Waals surface area contributed by atoms with E-state index >= 15 is 0 Å². The van der Waals surface area contributed by atoms with Crippen molar-refractivity contribution in [2.75, 3.05) is 0 Å². The molecule has 11 heteroatoms. The van der Waals surface area contributed by atoms with Gasteiger partial charge in [0, 0.05) is 24.3 Å². The molecule has 50 heavy (non-hydrogen) atoms. The molecule has 3 aromatic carbocycles. The van der Waals surface area contributed by atoms with Crippen LogP contribution in [0.5, 0.6) is 0 Å². The van der Waals surface area contributed by atoms with Gasteiger partial charge in [-0.05, 0) is 54.8 Å². The van der Waals surface area contributed by atoms with Gasteiger partial charge in [0.05, 0.1) is 44.3 Å². The van der Waals surface area contributed by atoms with Crippen molar-refractivity contribution >= 4 is 18.1 Å². The highest BCUT2D eigenvalue weighted by molar-refractivity contribution is 6.59. The molecule has 250 valence electrons. The van der Waals surface area contributed by atoms with Crippen LogP contribution in [-0.2, 0) is 35.6 Å². The summed E-state index contributed by atoms with van der Waals surface area (Å²) >= 11 is 0. The van der Waals surface area contributed by atoms with Gasteiger partial charge >= 0.3 is 6.82 Å². The summed E-state index contributed by atoms with van der Waals surface area (Å²) in [4.78, 5) is 0. The molecule has 0 unspecified atom stereocenters. The first-order valence-corrected chi connectivity index (χ1v) is 17.0. The van der Waals surface area contributed by atoms with Gasteiger partial charge in [0.1, 0.15) is 17.1 Å². The van der Waals surface area contributed by atoms with Crippen LogP contribution in [0, 0.1) is 13.8 Å². The third-order valence-electron chi connectivity index (χ3n) is 9.47. The third kappa shape index (κ3) is 5.74. The Morgan fingerprint density at radius 2 is 1.20 bits per heavy atom. The van der Waals surface area contributed by atoms with Crippen LogP contribution in [-0.4, -0.2) is 51.5 Å². The average Bonchev–Trinajstić information content (AvgIpc) is 3.91. The standard InChI is InChI=1S/C39H39BN8O2/c1-28-20-30(3)47-38(28)37(34-18-12-7-13-19-34)39-29(2)21-31(4)48(39)40(47,49-26-35-24-45(43-41-35)22-32-14-8-5-9-15-32)50-27-36-25-46(44-42-36)23-33-16-10-6-11-17-33/h5-21,24-25H,22-23,26-27H2,1-4H3. The maximum atomic E-state index is 7.15. The summed E-state index contributed by atoms with van der Waals surface area (Å²) < 4.78 is 22.5. The molecule has 5 heterocycles. The number of nitrogens with zero attached hydrogens (tertiary/aromatic N) is 8. The zero-order valence-electron chi connectivity index (χ0n) is 28.8. The van der Waals surface area contributed by atoms with Crippen LogP contribution in [0.15, 0.2) is 127 Å². The van der Waals surface area contributed by atoms with Crippen molar-refractivity contribution in [2.45, 2.75) is 54.0 Å². The van der Waals surface area contributed by atoms with Crippen molar-refractivity contribution in [3.05, 3.63) is 172 Å². The molecule has 0 bridgehead atoms. The zero-order chi connectivity index (χ0) is 34.2. The fourth-order valence-corrected chi connectivity index (χ4v) is 7.46. The summed E-state index contributed by atoms with van der Waals surface area (Å²) in [6, 6.07) is 33.3.